The fraction of sp³-hybridized carbons (Fsp3) is 0.556. The van der Waals surface area contributed by atoms with Crippen molar-refractivity contribution in [3.8, 4) is 0 Å². The topological polar surface area (TPSA) is 3.24 Å². The first-order chi connectivity index (χ1) is 4.57. The summed E-state index contributed by atoms with van der Waals surface area (Å²) in [5.41, 5.74) is 2.49. The maximum Gasteiger partial charge on any atom is 0.0379 e. The van der Waals surface area contributed by atoms with Crippen LogP contribution in [-0.2, 0) is 0 Å². The Hall–Kier alpha value is -0.720. The molecule has 0 bridgehead atoms. The van der Waals surface area contributed by atoms with Crippen LogP contribution in [-0.4, -0.2) is 18.5 Å². The molecule has 0 unspecified atom stereocenters. The van der Waals surface area contributed by atoms with Crippen molar-refractivity contribution in [3.05, 3.63) is 23.9 Å². The Morgan fingerprint density at radius 1 is 1.50 bits per heavy atom. The molecule has 0 aromatic heterocycles. The van der Waals surface area contributed by atoms with Gasteiger partial charge in [0.1, 0.15) is 0 Å². The van der Waals surface area contributed by atoms with Crippen molar-refractivity contribution in [2.24, 2.45) is 0 Å². The Morgan fingerprint density at radius 3 is 2.30 bits per heavy atom. The Labute approximate surface area is 64.0 Å². The van der Waals surface area contributed by atoms with Gasteiger partial charge in [0.05, 0.1) is 0 Å². The van der Waals surface area contributed by atoms with E-state index in [9.17, 15) is 0 Å². The molecular formula is C9H17N. The van der Waals surface area contributed by atoms with Gasteiger partial charge in [-0.05, 0) is 20.8 Å². The zero-order valence-electron chi connectivity index (χ0n) is 7.44. The lowest BCUT2D eigenvalue weighted by molar-refractivity contribution is 0.456. The number of likely N-dealkylation sites (N-methyl/N-ethyl adjacent to an activating group) is 1. The van der Waals surface area contributed by atoms with Crippen LogP contribution in [0.2, 0.25) is 0 Å². The number of rotatable bonds is 3. The van der Waals surface area contributed by atoms with Crippen LogP contribution in [0.1, 0.15) is 20.8 Å². The standard InChI is InChI=1S/C9H17N/c1-6-9(4)7-10(5)8(2)3/h6H,2,7H2,1,3-5H3/b9-6-. The number of allylic oxidation sites excluding steroid dienone is 2. The van der Waals surface area contributed by atoms with Gasteiger partial charge in [0.2, 0.25) is 0 Å². The summed E-state index contributed by atoms with van der Waals surface area (Å²) < 4.78 is 0. The normalized spacial score (nSPS) is 11.4. The van der Waals surface area contributed by atoms with E-state index in [-0.39, 0.29) is 0 Å². The average molecular weight is 139 g/mol. The first kappa shape index (κ1) is 9.28. The third kappa shape index (κ3) is 3.33. The highest BCUT2D eigenvalue weighted by atomic mass is 15.1. The van der Waals surface area contributed by atoms with Crippen molar-refractivity contribution in [1.82, 2.24) is 4.90 Å². The van der Waals surface area contributed by atoms with Crippen LogP contribution in [0.5, 0.6) is 0 Å². The molecule has 1 heteroatoms. The van der Waals surface area contributed by atoms with Gasteiger partial charge in [-0.3, -0.25) is 0 Å². The Balaban J connectivity index is 3.80. The van der Waals surface area contributed by atoms with Gasteiger partial charge in [0.25, 0.3) is 0 Å². The van der Waals surface area contributed by atoms with E-state index in [4.69, 9.17) is 0 Å². The predicted molar refractivity (Wildman–Crippen MR) is 46.9 cm³/mol. The van der Waals surface area contributed by atoms with Gasteiger partial charge in [-0.2, -0.15) is 0 Å². The zero-order valence-corrected chi connectivity index (χ0v) is 7.44. The number of hydrogen-bond acceptors (Lipinski definition) is 1. The lowest BCUT2D eigenvalue weighted by Crippen LogP contribution is -2.17. The Morgan fingerprint density at radius 2 is 2.00 bits per heavy atom. The van der Waals surface area contributed by atoms with Gasteiger partial charge in [0, 0.05) is 19.3 Å². The van der Waals surface area contributed by atoms with E-state index in [1.165, 1.54) is 5.57 Å². The summed E-state index contributed by atoms with van der Waals surface area (Å²) in [7, 11) is 2.05. The Bertz CT molecular complexity index is 145. The highest BCUT2D eigenvalue weighted by Crippen LogP contribution is 2.00. The molecule has 0 aliphatic heterocycles. The minimum atomic E-state index is 0.992. The summed E-state index contributed by atoms with van der Waals surface area (Å²) in [4.78, 5) is 2.13. The molecule has 0 saturated heterocycles. The molecule has 0 aromatic rings. The Kier molecular flexibility index (Phi) is 3.85. The first-order valence-electron chi connectivity index (χ1n) is 3.56. The van der Waals surface area contributed by atoms with Crippen LogP contribution in [0.15, 0.2) is 23.9 Å². The minimum absolute atomic E-state index is 0.992. The van der Waals surface area contributed by atoms with Crippen LogP contribution in [0.25, 0.3) is 0 Å². The van der Waals surface area contributed by atoms with E-state index in [1.54, 1.807) is 0 Å². The summed E-state index contributed by atoms with van der Waals surface area (Å²) >= 11 is 0. The molecule has 1 nitrogen and oxygen atoms in total. The fourth-order valence-corrected chi connectivity index (χ4v) is 0.600. The van der Waals surface area contributed by atoms with Crippen LogP contribution in [0.3, 0.4) is 0 Å². The average Bonchev–Trinajstić information content (AvgIpc) is 1.87. The highest BCUT2D eigenvalue weighted by Gasteiger charge is 1.95. The molecule has 0 N–H and O–H groups in total. The highest BCUT2D eigenvalue weighted by molar-refractivity contribution is 5.02. The van der Waals surface area contributed by atoms with Crippen molar-refractivity contribution < 1.29 is 0 Å². The minimum Gasteiger partial charge on any atom is -0.375 e. The summed E-state index contributed by atoms with van der Waals surface area (Å²) in [6.07, 6.45) is 2.12. The third-order valence-electron chi connectivity index (χ3n) is 1.63. The van der Waals surface area contributed by atoms with Gasteiger partial charge < -0.3 is 4.90 Å². The molecule has 0 atom stereocenters. The molecule has 0 rings (SSSR count). The zero-order chi connectivity index (χ0) is 8.15. The molecule has 0 aliphatic rings. The molecule has 0 aromatic carbocycles. The predicted octanol–water partition coefficient (Wildman–Crippen LogP) is 2.42. The second kappa shape index (κ2) is 4.15. The van der Waals surface area contributed by atoms with Crippen molar-refractivity contribution in [2.75, 3.05) is 13.6 Å². The van der Waals surface area contributed by atoms with E-state index in [0.29, 0.717) is 0 Å². The molecule has 0 spiro atoms. The molecular weight excluding hydrogens is 122 g/mol. The third-order valence-corrected chi connectivity index (χ3v) is 1.63. The fourth-order valence-electron chi connectivity index (χ4n) is 0.600. The molecule has 0 radical (unpaired) electrons. The smallest absolute Gasteiger partial charge is 0.0379 e. The number of hydrogen-bond donors (Lipinski definition) is 0. The second-order valence-electron chi connectivity index (χ2n) is 2.73. The van der Waals surface area contributed by atoms with Gasteiger partial charge in [0.15, 0.2) is 0 Å². The first-order valence-corrected chi connectivity index (χ1v) is 3.56. The SMILES string of the molecule is C=C(C)N(C)C/C(C)=C\C. The van der Waals surface area contributed by atoms with E-state index >= 15 is 0 Å². The van der Waals surface area contributed by atoms with Crippen LogP contribution in [0.4, 0.5) is 0 Å². The summed E-state index contributed by atoms with van der Waals surface area (Å²) in [6, 6.07) is 0. The molecule has 0 aliphatic carbocycles. The van der Waals surface area contributed by atoms with Crippen molar-refractivity contribution in [1.29, 1.82) is 0 Å². The maximum absolute atomic E-state index is 3.84. The monoisotopic (exact) mass is 139 g/mol. The molecule has 0 amide bonds. The second-order valence-corrected chi connectivity index (χ2v) is 2.73. The van der Waals surface area contributed by atoms with E-state index in [1.807, 2.05) is 6.92 Å². The van der Waals surface area contributed by atoms with Crippen LogP contribution in [0, 0.1) is 0 Å². The van der Waals surface area contributed by atoms with E-state index < -0.39 is 0 Å². The van der Waals surface area contributed by atoms with E-state index in [0.717, 1.165) is 12.2 Å². The van der Waals surface area contributed by atoms with Crippen LogP contribution >= 0.6 is 0 Å². The molecule has 10 heavy (non-hydrogen) atoms. The molecule has 0 saturated carbocycles. The quantitative estimate of drug-likeness (QED) is 0.543. The number of nitrogens with zero attached hydrogens (tertiary/aromatic N) is 1. The molecule has 0 fully saturated rings. The van der Waals surface area contributed by atoms with Gasteiger partial charge in [-0.15, -0.1) is 0 Å². The van der Waals surface area contributed by atoms with Gasteiger partial charge >= 0.3 is 0 Å². The molecule has 0 heterocycles. The lowest BCUT2D eigenvalue weighted by atomic mass is 10.2. The summed E-state index contributed by atoms with van der Waals surface area (Å²) in [5, 5.41) is 0. The van der Waals surface area contributed by atoms with Crippen molar-refractivity contribution in [2.45, 2.75) is 20.8 Å². The largest absolute Gasteiger partial charge is 0.375 e. The summed E-state index contributed by atoms with van der Waals surface area (Å²) in [6.45, 7) is 11.0. The van der Waals surface area contributed by atoms with Crippen molar-refractivity contribution in [3.63, 3.8) is 0 Å². The van der Waals surface area contributed by atoms with Crippen molar-refractivity contribution >= 4 is 0 Å². The van der Waals surface area contributed by atoms with E-state index in [2.05, 4.69) is 38.5 Å². The maximum atomic E-state index is 3.84. The summed E-state index contributed by atoms with van der Waals surface area (Å²) in [5.74, 6) is 0. The molecule has 58 valence electrons. The van der Waals surface area contributed by atoms with Crippen LogP contribution < -0.4 is 0 Å². The van der Waals surface area contributed by atoms with Gasteiger partial charge in [-0.25, -0.2) is 0 Å². The lowest BCUT2D eigenvalue weighted by Gasteiger charge is -2.18. The van der Waals surface area contributed by atoms with Gasteiger partial charge in [-0.1, -0.05) is 18.2 Å².